The monoisotopic (exact) mass is 811 g/mol. The second-order valence-electron chi connectivity index (χ2n) is 16.1. The quantitative estimate of drug-likeness (QED) is 0.0214. The van der Waals surface area contributed by atoms with Gasteiger partial charge in [0.1, 0.15) is 19.8 Å². The van der Waals surface area contributed by atoms with E-state index in [1.807, 2.05) is 21.1 Å². The van der Waals surface area contributed by atoms with Gasteiger partial charge in [0.2, 0.25) is 0 Å². The second kappa shape index (κ2) is 38.5. The van der Waals surface area contributed by atoms with Crippen molar-refractivity contribution in [2.75, 3.05) is 47.5 Å². The third-order valence-corrected chi connectivity index (χ3v) is 10.3. The maximum atomic E-state index is 12.7. The molecule has 10 heteroatoms. The molecule has 0 aromatic heterocycles. The van der Waals surface area contributed by atoms with E-state index in [4.69, 9.17) is 18.5 Å². The predicted molar refractivity (Wildman–Crippen MR) is 233 cm³/mol. The number of likely N-dealkylation sites (N-methyl/N-ethyl adjacent to an activating group) is 1. The molecule has 0 radical (unpaired) electrons. The molecule has 0 aromatic rings. The van der Waals surface area contributed by atoms with Crippen LogP contribution in [0.15, 0.2) is 48.6 Å². The largest absolute Gasteiger partial charge is 0.472 e. The minimum Gasteiger partial charge on any atom is -0.462 e. The molecule has 1 unspecified atom stereocenters. The highest BCUT2D eigenvalue weighted by Crippen LogP contribution is 2.43. The molecule has 0 saturated carbocycles. The molecule has 56 heavy (non-hydrogen) atoms. The molecule has 2 atom stereocenters. The van der Waals surface area contributed by atoms with Crippen molar-refractivity contribution in [1.29, 1.82) is 0 Å². The fourth-order valence-corrected chi connectivity index (χ4v) is 6.52. The molecule has 0 aromatic carbocycles. The van der Waals surface area contributed by atoms with Gasteiger partial charge in [-0.2, -0.15) is 0 Å². The summed E-state index contributed by atoms with van der Waals surface area (Å²) < 4.78 is 34.3. The lowest BCUT2D eigenvalue weighted by atomic mass is 10.1. The topological polar surface area (TPSA) is 108 Å². The van der Waals surface area contributed by atoms with Crippen molar-refractivity contribution in [3.05, 3.63) is 48.6 Å². The van der Waals surface area contributed by atoms with Crippen molar-refractivity contribution in [3.8, 4) is 0 Å². The lowest BCUT2D eigenvalue weighted by Gasteiger charge is -2.24. The van der Waals surface area contributed by atoms with E-state index in [9.17, 15) is 19.0 Å². The van der Waals surface area contributed by atoms with E-state index < -0.39 is 32.5 Å². The summed E-state index contributed by atoms with van der Waals surface area (Å²) in [5, 5.41) is 0. The van der Waals surface area contributed by atoms with Crippen LogP contribution in [0.25, 0.3) is 0 Å². The average molecular weight is 811 g/mol. The average Bonchev–Trinajstić information content (AvgIpc) is 3.15. The van der Waals surface area contributed by atoms with E-state index in [1.54, 1.807) is 0 Å². The fourth-order valence-electron chi connectivity index (χ4n) is 5.78. The van der Waals surface area contributed by atoms with Crippen LogP contribution in [0.2, 0.25) is 0 Å². The Balaban J connectivity index is 4.43. The molecule has 0 amide bonds. The number of esters is 2. The minimum atomic E-state index is -4.39. The zero-order chi connectivity index (χ0) is 41.4. The molecule has 0 aliphatic carbocycles. The van der Waals surface area contributed by atoms with Crippen LogP contribution in [0.4, 0.5) is 0 Å². The molecule has 0 aliphatic rings. The van der Waals surface area contributed by atoms with Gasteiger partial charge in [-0.3, -0.25) is 18.6 Å². The maximum absolute atomic E-state index is 12.7. The minimum absolute atomic E-state index is 0.0229. The second-order valence-corrected chi connectivity index (χ2v) is 17.5. The summed E-state index contributed by atoms with van der Waals surface area (Å²) in [6.07, 6.45) is 44.4. The van der Waals surface area contributed by atoms with E-state index in [0.717, 1.165) is 57.8 Å². The van der Waals surface area contributed by atoms with Gasteiger partial charge in [0, 0.05) is 12.8 Å². The van der Waals surface area contributed by atoms with Crippen molar-refractivity contribution in [2.45, 2.75) is 187 Å². The molecule has 0 rings (SSSR count). The van der Waals surface area contributed by atoms with E-state index in [-0.39, 0.29) is 26.1 Å². The first kappa shape index (κ1) is 54.0. The highest BCUT2D eigenvalue weighted by Gasteiger charge is 2.27. The van der Waals surface area contributed by atoms with Crippen LogP contribution in [-0.2, 0) is 32.7 Å². The molecule has 0 aliphatic heterocycles. The molecule has 9 nitrogen and oxygen atoms in total. The Kier molecular flexibility index (Phi) is 37.1. The SMILES string of the molecule is CCCCC/C=C/C/C=C/C/C=C/CCCCCCC(=O)O[C@H](COC(=O)CCCC/C=C/CCCCCCCCCCC)COP(=O)(O)OCC[N+](C)(C)C. The Morgan fingerprint density at radius 3 is 1.52 bits per heavy atom. The van der Waals surface area contributed by atoms with Crippen molar-refractivity contribution in [3.63, 3.8) is 0 Å². The summed E-state index contributed by atoms with van der Waals surface area (Å²) >= 11 is 0. The molecule has 0 saturated heterocycles. The number of nitrogens with zero attached hydrogens (tertiary/aromatic N) is 1. The first-order chi connectivity index (χ1) is 27.0. The summed E-state index contributed by atoms with van der Waals surface area (Å²) in [5.74, 6) is -0.850. The molecule has 0 bridgehead atoms. The van der Waals surface area contributed by atoms with Crippen molar-refractivity contribution < 1.29 is 42.1 Å². The van der Waals surface area contributed by atoms with Gasteiger partial charge in [0.05, 0.1) is 27.7 Å². The number of quaternary nitrogens is 1. The molecular formula is C46H85NO8P+. The molecule has 0 fully saturated rings. The van der Waals surface area contributed by atoms with Crippen LogP contribution in [-0.4, -0.2) is 74.9 Å². The zero-order valence-electron chi connectivity index (χ0n) is 36.6. The third-order valence-electron chi connectivity index (χ3n) is 9.33. The van der Waals surface area contributed by atoms with Gasteiger partial charge < -0.3 is 18.9 Å². The van der Waals surface area contributed by atoms with Gasteiger partial charge in [-0.05, 0) is 77.0 Å². The Morgan fingerprint density at radius 2 is 0.964 bits per heavy atom. The maximum Gasteiger partial charge on any atom is 0.472 e. The van der Waals surface area contributed by atoms with Crippen LogP contribution < -0.4 is 0 Å². The van der Waals surface area contributed by atoms with E-state index in [1.165, 1.54) is 83.5 Å². The van der Waals surface area contributed by atoms with Gasteiger partial charge >= 0.3 is 19.8 Å². The highest BCUT2D eigenvalue weighted by molar-refractivity contribution is 7.47. The number of rotatable bonds is 40. The number of hydrogen-bond acceptors (Lipinski definition) is 7. The van der Waals surface area contributed by atoms with Crippen molar-refractivity contribution in [1.82, 2.24) is 0 Å². The van der Waals surface area contributed by atoms with Gasteiger partial charge in [0.25, 0.3) is 0 Å². The number of phosphoric ester groups is 1. The predicted octanol–water partition coefficient (Wildman–Crippen LogP) is 12.7. The van der Waals surface area contributed by atoms with E-state index in [0.29, 0.717) is 23.9 Å². The summed E-state index contributed by atoms with van der Waals surface area (Å²) in [6.45, 7) is 4.34. The van der Waals surface area contributed by atoms with Crippen LogP contribution in [0.1, 0.15) is 181 Å². The lowest BCUT2D eigenvalue weighted by molar-refractivity contribution is -0.870. The Labute approximate surface area is 343 Å². The van der Waals surface area contributed by atoms with Crippen LogP contribution >= 0.6 is 7.82 Å². The third kappa shape index (κ3) is 41.6. The lowest BCUT2D eigenvalue weighted by Crippen LogP contribution is -2.37. The number of carbonyl (C=O) groups excluding carboxylic acids is 2. The zero-order valence-corrected chi connectivity index (χ0v) is 37.5. The molecule has 1 N–H and O–H groups in total. The first-order valence-corrected chi connectivity index (χ1v) is 23.9. The van der Waals surface area contributed by atoms with Gasteiger partial charge in [-0.25, -0.2) is 4.57 Å². The summed E-state index contributed by atoms with van der Waals surface area (Å²) in [4.78, 5) is 35.3. The Hall–Kier alpha value is -2.03. The van der Waals surface area contributed by atoms with Crippen LogP contribution in [0, 0.1) is 0 Å². The normalized spacial score (nSPS) is 14.0. The smallest absolute Gasteiger partial charge is 0.462 e. The number of allylic oxidation sites excluding steroid dienone is 8. The number of ether oxygens (including phenoxy) is 2. The van der Waals surface area contributed by atoms with Crippen molar-refractivity contribution in [2.24, 2.45) is 0 Å². The standard InChI is InChI=1S/C46H84NO8P/c1-6-8-10-12-14-16-18-20-22-23-25-27-29-31-33-35-37-39-46(49)55-44(43-54-56(50,51)53-41-40-47(3,4)5)42-52-45(48)38-36-34-32-30-28-26-24-21-19-17-15-13-11-9-7-2/h14,16,20,22,25,27-28,30,44H,6-13,15,17-19,21,23-24,26,29,31-43H2,1-5H3/p+1/b16-14+,22-20+,27-25+,30-28+/t44-/m1/s1. The Morgan fingerprint density at radius 1 is 0.554 bits per heavy atom. The van der Waals surface area contributed by atoms with Gasteiger partial charge in [-0.15, -0.1) is 0 Å². The number of phosphoric acid groups is 1. The van der Waals surface area contributed by atoms with Gasteiger partial charge in [-0.1, -0.05) is 140 Å². The fraction of sp³-hybridized carbons (Fsp3) is 0.783. The highest BCUT2D eigenvalue weighted by atomic mass is 31.2. The molecule has 0 spiro atoms. The van der Waals surface area contributed by atoms with E-state index in [2.05, 4.69) is 62.5 Å². The van der Waals surface area contributed by atoms with Crippen molar-refractivity contribution >= 4 is 19.8 Å². The molecule has 0 heterocycles. The van der Waals surface area contributed by atoms with Crippen LogP contribution in [0.3, 0.4) is 0 Å². The molecular weight excluding hydrogens is 725 g/mol. The Bertz CT molecular complexity index is 1100. The summed E-state index contributed by atoms with van der Waals surface area (Å²) in [6, 6.07) is 0. The first-order valence-electron chi connectivity index (χ1n) is 22.4. The summed E-state index contributed by atoms with van der Waals surface area (Å²) in [7, 11) is 1.45. The van der Waals surface area contributed by atoms with E-state index >= 15 is 0 Å². The molecule has 326 valence electrons. The number of unbranched alkanes of at least 4 members (excludes halogenated alkanes) is 18. The number of hydrogen-bond donors (Lipinski definition) is 1. The number of carbonyl (C=O) groups is 2. The van der Waals surface area contributed by atoms with Crippen LogP contribution in [0.5, 0.6) is 0 Å². The van der Waals surface area contributed by atoms with Gasteiger partial charge in [0.15, 0.2) is 6.10 Å². The summed E-state index contributed by atoms with van der Waals surface area (Å²) in [5.41, 5.74) is 0.